The highest BCUT2D eigenvalue weighted by Crippen LogP contribution is 2.42. The first kappa shape index (κ1) is 14.8. The number of imide groups is 1. The van der Waals surface area contributed by atoms with E-state index in [0.29, 0.717) is 17.9 Å². The van der Waals surface area contributed by atoms with Crippen LogP contribution in [0.4, 0.5) is 4.79 Å². The van der Waals surface area contributed by atoms with Gasteiger partial charge in [-0.15, -0.1) is 0 Å². The summed E-state index contributed by atoms with van der Waals surface area (Å²) in [5, 5.41) is 5.08. The predicted molar refractivity (Wildman–Crippen MR) is 66.2 cm³/mol. The lowest BCUT2D eigenvalue weighted by atomic mass is 10.3. The summed E-state index contributed by atoms with van der Waals surface area (Å²) in [6.07, 6.45) is 0.221. The second-order valence-electron chi connectivity index (χ2n) is 4.08. The average molecular weight is 303 g/mol. The van der Waals surface area contributed by atoms with Gasteiger partial charge in [0.25, 0.3) is 0 Å². The summed E-state index contributed by atoms with van der Waals surface area (Å²) >= 11 is 0. The monoisotopic (exact) mass is 303 g/mol. The summed E-state index contributed by atoms with van der Waals surface area (Å²) < 4.78 is 20.1. The second kappa shape index (κ2) is 5.78. The van der Waals surface area contributed by atoms with E-state index in [9.17, 15) is 14.2 Å². The van der Waals surface area contributed by atoms with Gasteiger partial charge in [-0.2, -0.15) is 0 Å². The van der Waals surface area contributed by atoms with Gasteiger partial charge in [0, 0.05) is 20.1 Å². The number of carbonyl (C=O) groups excluding carboxylic acids is 2. The van der Waals surface area contributed by atoms with E-state index in [2.05, 4.69) is 25.4 Å². The van der Waals surface area contributed by atoms with Gasteiger partial charge >= 0.3 is 13.9 Å². The molecule has 0 aromatic heterocycles. The fourth-order valence-corrected chi connectivity index (χ4v) is 2.12. The molecule has 3 N–H and O–H groups in total. The Hall–Kier alpha value is -1.63. The van der Waals surface area contributed by atoms with Crippen molar-refractivity contribution in [2.24, 2.45) is 0 Å². The van der Waals surface area contributed by atoms with Crippen molar-refractivity contribution in [2.45, 2.75) is 6.42 Å². The van der Waals surface area contributed by atoms with E-state index in [1.54, 1.807) is 0 Å². The van der Waals surface area contributed by atoms with Crippen LogP contribution in [0, 0.1) is 0 Å². The van der Waals surface area contributed by atoms with Crippen molar-refractivity contribution in [3.8, 4) is 0 Å². The highest BCUT2D eigenvalue weighted by molar-refractivity contribution is 7.47. The molecule has 0 aromatic rings. The number of carbonyl (C=O) groups is 2. The summed E-state index contributed by atoms with van der Waals surface area (Å²) in [6.45, 7) is 0.405. The zero-order valence-electron chi connectivity index (χ0n) is 10.7. The van der Waals surface area contributed by atoms with Gasteiger partial charge < -0.3 is 10.2 Å². The molecule has 0 radical (unpaired) electrons. The zero-order chi connectivity index (χ0) is 14.8. The van der Waals surface area contributed by atoms with E-state index >= 15 is 0 Å². The fraction of sp³-hybridized carbons (Fsp3) is 0.500. The molecule has 1 unspecified atom stereocenters. The molecule has 20 heavy (non-hydrogen) atoms. The van der Waals surface area contributed by atoms with Gasteiger partial charge in [-0.05, 0) is 0 Å². The van der Waals surface area contributed by atoms with Gasteiger partial charge in [0.1, 0.15) is 6.61 Å². The van der Waals surface area contributed by atoms with Crippen LogP contribution >= 0.6 is 7.82 Å². The maximum absolute atomic E-state index is 11.6. The number of phosphoric acid groups is 1. The number of nitrogens with one attached hydrogen (secondary N) is 2. The minimum absolute atomic E-state index is 0.195. The normalized spacial score (nSPS) is 21.8. The van der Waals surface area contributed by atoms with Crippen molar-refractivity contribution in [2.75, 3.05) is 26.8 Å². The lowest BCUT2D eigenvalue weighted by Gasteiger charge is -2.26. The summed E-state index contributed by atoms with van der Waals surface area (Å²) in [4.78, 5) is 33.1. The van der Waals surface area contributed by atoms with E-state index in [-0.39, 0.29) is 25.5 Å². The van der Waals surface area contributed by atoms with E-state index < -0.39 is 13.9 Å². The van der Waals surface area contributed by atoms with Crippen LogP contribution in [0.3, 0.4) is 0 Å². The molecule has 10 heteroatoms. The van der Waals surface area contributed by atoms with Gasteiger partial charge in [-0.25, -0.2) is 9.36 Å². The average Bonchev–Trinajstić information content (AvgIpc) is 2.85. The topological polar surface area (TPSA) is 117 Å². The first-order chi connectivity index (χ1) is 9.41. The predicted octanol–water partition coefficient (Wildman–Crippen LogP) is -0.338. The highest BCUT2D eigenvalue weighted by atomic mass is 31.2. The molecule has 9 nitrogen and oxygen atoms in total. The molecule has 1 fully saturated rings. The molecule has 3 amide bonds. The standard InChI is InChI=1S/C10H14N3O6P/c1-18-20(16,17)19-6-7-4-8(5-11-7)13-3-2-9(14)12-10(13)15/h11H,2-3,5-6H2,1H3,(H,16,17)(H,12,14,15). The van der Waals surface area contributed by atoms with Gasteiger partial charge in [0.05, 0.1) is 17.9 Å². The molecule has 0 aromatic carbocycles. The first-order valence-corrected chi connectivity index (χ1v) is 7.28. The summed E-state index contributed by atoms with van der Waals surface area (Å²) in [5.74, 6) is -0.313. The van der Waals surface area contributed by atoms with Crippen LogP contribution < -0.4 is 10.6 Å². The highest BCUT2D eigenvalue weighted by Gasteiger charge is 2.28. The summed E-state index contributed by atoms with van der Waals surface area (Å²) in [7, 11) is -2.98. The van der Waals surface area contributed by atoms with Crippen LogP contribution in [-0.2, 0) is 18.4 Å². The Balaban J connectivity index is 2.02. The van der Waals surface area contributed by atoms with Crippen molar-refractivity contribution in [1.82, 2.24) is 15.5 Å². The lowest BCUT2D eigenvalue weighted by Crippen LogP contribution is -2.49. The van der Waals surface area contributed by atoms with Gasteiger partial charge in [0.15, 0.2) is 0 Å². The van der Waals surface area contributed by atoms with Gasteiger partial charge in [-0.3, -0.25) is 24.1 Å². The van der Waals surface area contributed by atoms with Crippen LogP contribution in [0.25, 0.3) is 0 Å². The molecule has 0 spiro atoms. The SMILES string of the molecule is COP(=O)(O)OCC1=C=C(N2CCC(=O)NC2=O)CN1. The van der Waals surface area contributed by atoms with E-state index in [1.807, 2.05) is 0 Å². The van der Waals surface area contributed by atoms with E-state index in [4.69, 9.17) is 4.89 Å². The van der Waals surface area contributed by atoms with Crippen LogP contribution in [0.5, 0.6) is 0 Å². The Labute approximate surface area is 114 Å². The van der Waals surface area contributed by atoms with Gasteiger partial charge in [0.2, 0.25) is 5.91 Å². The quantitative estimate of drug-likeness (QED) is 0.470. The summed E-state index contributed by atoms with van der Waals surface area (Å²) in [6, 6.07) is -0.502. The first-order valence-electron chi connectivity index (χ1n) is 5.78. The minimum atomic E-state index is -4.05. The van der Waals surface area contributed by atoms with Crippen molar-refractivity contribution in [3.05, 3.63) is 17.1 Å². The molecule has 0 bridgehead atoms. The molecule has 1 saturated heterocycles. The van der Waals surface area contributed by atoms with Crippen LogP contribution in [0.2, 0.25) is 0 Å². The van der Waals surface area contributed by atoms with Crippen molar-refractivity contribution >= 4 is 19.8 Å². The molecule has 2 heterocycles. The Bertz CT molecular complexity index is 553. The van der Waals surface area contributed by atoms with Crippen molar-refractivity contribution < 1.29 is 28.1 Å². The molecule has 110 valence electrons. The second-order valence-corrected chi connectivity index (χ2v) is 5.64. The zero-order valence-corrected chi connectivity index (χ0v) is 11.6. The van der Waals surface area contributed by atoms with Crippen LogP contribution in [0.1, 0.15) is 6.42 Å². The maximum Gasteiger partial charge on any atom is 0.472 e. The molecular formula is C10H14N3O6P. The molecular weight excluding hydrogens is 289 g/mol. The maximum atomic E-state index is 11.6. The number of amides is 3. The molecule has 0 aliphatic carbocycles. The van der Waals surface area contributed by atoms with Crippen LogP contribution in [-0.4, -0.2) is 48.5 Å². The third-order valence-electron chi connectivity index (χ3n) is 2.75. The van der Waals surface area contributed by atoms with E-state index in [0.717, 1.165) is 7.11 Å². The molecule has 1 atom stereocenters. The minimum Gasteiger partial charge on any atom is -0.374 e. The third kappa shape index (κ3) is 3.47. The molecule has 2 aliphatic heterocycles. The molecule has 0 saturated carbocycles. The number of rotatable bonds is 5. The van der Waals surface area contributed by atoms with E-state index in [1.165, 1.54) is 4.90 Å². The number of urea groups is 1. The van der Waals surface area contributed by atoms with Gasteiger partial charge in [-0.1, -0.05) is 5.73 Å². The Morgan fingerprint density at radius 3 is 2.90 bits per heavy atom. The number of hydrogen-bond acceptors (Lipinski definition) is 6. The molecule has 2 aliphatic rings. The number of nitrogens with zero attached hydrogens (tertiary/aromatic N) is 1. The Morgan fingerprint density at radius 1 is 1.50 bits per heavy atom. The molecule has 2 rings (SSSR count). The fourth-order valence-electron chi connectivity index (χ4n) is 1.72. The van der Waals surface area contributed by atoms with Crippen LogP contribution in [0.15, 0.2) is 17.1 Å². The van der Waals surface area contributed by atoms with Crippen molar-refractivity contribution in [3.63, 3.8) is 0 Å². The largest absolute Gasteiger partial charge is 0.472 e. The van der Waals surface area contributed by atoms with Crippen molar-refractivity contribution in [1.29, 1.82) is 0 Å². The smallest absolute Gasteiger partial charge is 0.374 e. The lowest BCUT2D eigenvalue weighted by molar-refractivity contribution is -0.121. The Morgan fingerprint density at radius 2 is 2.25 bits per heavy atom. The number of phosphoric ester groups is 1. The third-order valence-corrected chi connectivity index (χ3v) is 3.66. The summed E-state index contributed by atoms with van der Waals surface area (Å²) in [5.41, 5.74) is 3.83. The number of hydrogen-bond donors (Lipinski definition) is 3. The Kier molecular flexibility index (Phi) is 4.27.